The Morgan fingerprint density at radius 2 is 1.93 bits per heavy atom. The molecule has 0 saturated carbocycles. The molecule has 7 heteroatoms. The first kappa shape index (κ1) is 20.4. The highest BCUT2D eigenvalue weighted by molar-refractivity contribution is 7.17. The minimum atomic E-state index is -0.378. The standard InChI is InChI=1S/C21H26N2O4S/c1-23(12-14-8-4-6-10-16(14)26-2)13-18(24)22-20-19(21(25)27-3)15-9-5-7-11-17(15)28-20/h4,6,8,10H,5,7,9,11-13H2,1-3H3,(H,22,24). The maximum atomic E-state index is 12.6. The summed E-state index contributed by atoms with van der Waals surface area (Å²) < 4.78 is 10.3. The Hall–Kier alpha value is -2.38. The Labute approximate surface area is 169 Å². The SMILES string of the molecule is COC(=O)c1c(NC(=O)CN(C)Cc2ccccc2OC)sc2c1CCCC2. The number of aryl methyl sites for hydroxylation is 1. The lowest BCUT2D eigenvalue weighted by Crippen LogP contribution is -2.30. The molecule has 1 N–H and O–H groups in total. The number of rotatable bonds is 7. The summed E-state index contributed by atoms with van der Waals surface area (Å²) >= 11 is 1.50. The van der Waals surface area contributed by atoms with Crippen LogP contribution in [0.25, 0.3) is 0 Å². The van der Waals surface area contributed by atoms with Gasteiger partial charge in [0, 0.05) is 17.0 Å². The number of carbonyl (C=O) groups excluding carboxylic acids is 2. The van der Waals surface area contributed by atoms with E-state index in [0.29, 0.717) is 17.1 Å². The molecule has 0 aliphatic heterocycles. The number of anilines is 1. The number of esters is 1. The largest absolute Gasteiger partial charge is 0.496 e. The van der Waals surface area contributed by atoms with Crippen molar-refractivity contribution in [3.63, 3.8) is 0 Å². The summed E-state index contributed by atoms with van der Waals surface area (Å²) in [6.45, 7) is 0.795. The number of likely N-dealkylation sites (N-methyl/N-ethyl adjacent to an activating group) is 1. The van der Waals surface area contributed by atoms with Gasteiger partial charge in [-0.25, -0.2) is 4.79 Å². The second kappa shape index (κ2) is 9.21. The summed E-state index contributed by atoms with van der Waals surface area (Å²) in [6, 6.07) is 7.75. The molecule has 1 aliphatic carbocycles. The zero-order valence-electron chi connectivity index (χ0n) is 16.5. The van der Waals surface area contributed by atoms with E-state index in [0.717, 1.165) is 42.6 Å². The highest BCUT2D eigenvalue weighted by Gasteiger charge is 2.27. The molecule has 6 nitrogen and oxygen atoms in total. The fraction of sp³-hybridized carbons (Fsp3) is 0.429. The molecule has 1 amide bonds. The average molecular weight is 403 g/mol. The number of amides is 1. The smallest absolute Gasteiger partial charge is 0.341 e. The van der Waals surface area contributed by atoms with Crippen molar-refractivity contribution in [2.24, 2.45) is 0 Å². The summed E-state index contributed by atoms with van der Waals surface area (Å²) in [5, 5.41) is 3.54. The third-order valence-electron chi connectivity index (χ3n) is 4.86. The molecular formula is C21H26N2O4S. The second-order valence-corrected chi connectivity index (χ2v) is 8.04. The van der Waals surface area contributed by atoms with Gasteiger partial charge in [0.1, 0.15) is 10.8 Å². The number of hydrogen-bond acceptors (Lipinski definition) is 6. The topological polar surface area (TPSA) is 67.9 Å². The number of carbonyl (C=O) groups is 2. The van der Waals surface area contributed by atoms with Gasteiger partial charge in [0.25, 0.3) is 0 Å². The molecule has 0 radical (unpaired) electrons. The molecule has 1 aliphatic rings. The van der Waals surface area contributed by atoms with E-state index in [4.69, 9.17) is 9.47 Å². The molecule has 2 aromatic rings. The first-order valence-electron chi connectivity index (χ1n) is 9.36. The number of methoxy groups -OCH3 is 2. The first-order chi connectivity index (χ1) is 13.5. The number of fused-ring (bicyclic) bond motifs is 1. The fourth-order valence-corrected chi connectivity index (χ4v) is 4.86. The van der Waals surface area contributed by atoms with Crippen LogP contribution < -0.4 is 10.1 Å². The number of nitrogens with zero attached hydrogens (tertiary/aromatic N) is 1. The zero-order valence-corrected chi connectivity index (χ0v) is 17.4. The lowest BCUT2D eigenvalue weighted by molar-refractivity contribution is -0.117. The van der Waals surface area contributed by atoms with E-state index in [1.54, 1.807) is 7.11 Å². The van der Waals surface area contributed by atoms with Crippen molar-refractivity contribution in [1.82, 2.24) is 4.90 Å². The Kier molecular flexibility index (Phi) is 6.70. The molecule has 0 bridgehead atoms. The molecule has 0 atom stereocenters. The third kappa shape index (κ3) is 4.54. The number of thiophene rings is 1. The van der Waals surface area contributed by atoms with Gasteiger partial charge in [-0.3, -0.25) is 9.69 Å². The van der Waals surface area contributed by atoms with Gasteiger partial charge in [0.15, 0.2) is 0 Å². The maximum absolute atomic E-state index is 12.6. The summed E-state index contributed by atoms with van der Waals surface area (Å²) in [4.78, 5) is 28.0. The van der Waals surface area contributed by atoms with E-state index in [1.807, 2.05) is 36.2 Å². The molecule has 28 heavy (non-hydrogen) atoms. The summed E-state index contributed by atoms with van der Waals surface area (Å²) in [6.07, 6.45) is 3.99. The number of ether oxygens (including phenoxy) is 2. The zero-order chi connectivity index (χ0) is 20.1. The third-order valence-corrected chi connectivity index (χ3v) is 6.07. The van der Waals surface area contributed by atoms with Crippen LogP contribution in [-0.4, -0.2) is 44.6 Å². The van der Waals surface area contributed by atoms with Crippen LogP contribution in [0.4, 0.5) is 5.00 Å². The molecule has 0 fully saturated rings. The Bertz CT molecular complexity index is 862. The molecule has 1 heterocycles. The van der Waals surface area contributed by atoms with Crippen molar-refractivity contribution in [2.45, 2.75) is 32.2 Å². The highest BCUT2D eigenvalue weighted by atomic mass is 32.1. The van der Waals surface area contributed by atoms with Crippen LogP contribution >= 0.6 is 11.3 Å². The highest BCUT2D eigenvalue weighted by Crippen LogP contribution is 2.38. The van der Waals surface area contributed by atoms with Crippen LogP contribution in [0.5, 0.6) is 5.75 Å². The van der Waals surface area contributed by atoms with Crippen LogP contribution in [0.1, 0.15) is 39.2 Å². The summed E-state index contributed by atoms with van der Waals surface area (Å²) in [7, 11) is 4.90. The number of para-hydroxylation sites is 1. The van der Waals surface area contributed by atoms with Gasteiger partial charge in [-0.05, 0) is 44.4 Å². The molecule has 150 valence electrons. The van der Waals surface area contributed by atoms with Gasteiger partial charge in [0.2, 0.25) is 5.91 Å². The molecule has 1 aromatic heterocycles. The number of hydrogen-bond donors (Lipinski definition) is 1. The van der Waals surface area contributed by atoms with E-state index >= 15 is 0 Å². The predicted molar refractivity (Wildman–Crippen MR) is 110 cm³/mol. The van der Waals surface area contributed by atoms with E-state index in [9.17, 15) is 9.59 Å². The van der Waals surface area contributed by atoms with Crippen molar-refractivity contribution < 1.29 is 19.1 Å². The van der Waals surface area contributed by atoms with Gasteiger partial charge in [-0.2, -0.15) is 0 Å². The molecular weight excluding hydrogens is 376 g/mol. The predicted octanol–water partition coefficient (Wildman–Crippen LogP) is 3.49. The minimum absolute atomic E-state index is 0.152. The normalized spacial score (nSPS) is 13.1. The molecule has 1 aromatic carbocycles. The van der Waals surface area contributed by atoms with Gasteiger partial charge < -0.3 is 14.8 Å². The molecule has 0 saturated heterocycles. The van der Waals surface area contributed by atoms with Gasteiger partial charge in [0.05, 0.1) is 26.3 Å². The van der Waals surface area contributed by atoms with Crippen molar-refractivity contribution in [3.05, 3.63) is 45.8 Å². The van der Waals surface area contributed by atoms with E-state index in [-0.39, 0.29) is 18.4 Å². The van der Waals surface area contributed by atoms with Crippen LogP contribution in [-0.2, 0) is 28.9 Å². The number of benzene rings is 1. The maximum Gasteiger partial charge on any atom is 0.341 e. The average Bonchev–Trinajstić information content (AvgIpc) is 3.05. The Morgan fingerprint density at radius 1 is 1.18 bits per heavy atom. The van der Waals surface area contributed by atoms with Crippen LogP contribution in [0.3, 0.4) is 0 Å². The molecule has 0 unspecified atom stereocenters. The fourth-order valence-electron chi connectivity index (χ4n) is 3.56. The number of nitrogens with one attached hydrogen (secondary N) is 1. The first-order valence-corrected chi connectivity index (χ1v) is 10.2. The van der Waals surface area contributed by atoms with Crippen LogP contribution in [0.2, 0.25) is 0 Å². The second-order valence-electron chi connectivity index (χ2n) is 6.94. The van der Waals surface area contributed by atoms with Crippen molar-refractivity contribution in [3.8, 4) is 5.75 Å². The van der Waals surface area contributed by atoms with Crippen molar-refractivity contribution >= 4 is 28.2 Å². The van der Waals surface area contributed by atoms with E-state index < -0.39 is 0 Å². The minimum Gasteiger partial charge on any atom is -0.496 e. The van der Waals surface area contributed by atoms with E-state index in [1.165, 1.54) is 23.3 Å². The lowest BCUT2D eigenvalue weighted by Gasteiger charge is -2.18. The lowest BCUT2D eigenvalue weighted by atomic mass is 9.95. The summed E-state index contributed by atoms with van der Waals surface area (Å²) in [5.74, 6) is 0.270. The van der Waals surface area contributed by atoms with E-state index in [2.05, 4.69) is 5.32 Å². The van der Waals surface area contributed by atoms with Crippen LogP contribution in [0, 0.1) is 0 Å². The van der Waals surface area contributed by atoms with Crippen molar-refractivity contribution in [1.29, 1.82) is 0 Å². The van der Waals surface area contributed by atoms with Gasteiger partial charge >= 0.3 is 5.97 Å². The molecule has 0 spiro atoms. The Morgan fingerprint density at radius 3 is 2.68 bits per heavy atom. The summed E-state index contributed by atoms with van der Waals surface area (Å²) in [5.41, 5.74) is 2.59. The van der Waals surface area contributed by atoms with Crippen LogP contribution in [0.15, 0.2) is 24.3 Å². The monoisotopic (exact) mass is 402 g/mol. The van der Waals surface area contributed by atoms with Gasteiger partial charge in [-0.1, -0.05) is 18.2 Å². The molecule has 3 rings (SSSR count). The Balaban J connectivity index is 1.69. The van der Waals surface area contributed by atoms with Gasteiger partial charge in [-0.15, -0.1) is 11.3 Å². The van der Waals surface area contributed by atoms with Crippen molar-refractivity contribution in [2.75, 3.05) is 33.1 Å². The quantitative estimate of drug-likeness (QED) is 0.718.